The molecule has 0 aliphatic carbocycles. The van der Waals surface area contributed by atoms with Crippen LogP contribution in [0.5, 0.6) is 0 Å². The highest BCUT2D eigenvalue weighted by molar-refractivity contribution is 5.99. The van der Waals surface area contributed by atoms with Crippen molar-refractivity contribution in [3.8, 4) is 5.69 Å². The zero-order valence-corrected chi connectivity index (χ0v) is 15.6. The lowest BCUT2D eigenvalue weighted by atomic mass is 10.1. The standard InChI is InChI=1S/C21H22N4O2/c1-15-8-7-9-16(2)20(15)23-19(26)14-24(3)21(27)17-12-22-25(13-17)18-10-5-4-6-11-18/h4-13H,14H2,1-3H3,(H,23,26). The van der Waals surface area contributed by atoms with Crippen molar-refractivity contribution < 1.29 is 9.59 Å². The van der Waals surface area contributed by atoms with Gasteiger partial charge in [0.1, 0.15) is 0 Å². The van der Waals surface area contributed by atoms with Crippen LogP contribution in [-0.4, -0.2) is 40.1 Å². The van der Waals surface area contributed by atoms with Gasteiger partial charge < -0.3 is 10.2 Å². The molecule has 2 aromatic carbocycles. The molecule has 6 heteroatoms. The van der Waals surface area contributed by atoms with Gasteiger partial charge in [0, 0.05) is 18.9 Å². The Morgan fingerprint density at radius 2 is 1.70 bits per heavy atom. The molecule has 0 radical (unpaired) electrons. The van der Waals surface area contributed by atoms with Crippen molar-refractivity contribution >= 4 is 17.5 Å². The second kappa shape index (κ2) is 7.86. The third-order valence-electron chi connectivity index (χ3n) is 4.32. The van der Waals surface area contributed by atoms with Gasteiger partial charge in [-0.15, -0.1) is 0 Å². The molecule has 0 aliphatic rings. The van der Waals surface area contributed by atoms with Gasteiger partial charge in [0.15, 0.2) is 0 Å². The van der Waals surface area contributed by atoms with E-state index in [1.54, 1.807) is 17.9 Å². The van der Waals surface area contributed by atoms with Crippen LogP contribution in [0.1, 0.15) is 21.5 Å². The Hall–Kier alpha value is -3.41. The minimum atomic E-state index is -0.256. The Labute approximate surface area is 158 Å². The smallest absolute Gasteiger partial charge is 0.257 e. The molecule has 0 fully saturated rings. The lowest BCUT2D eigenvalue weighted by Gasteiger charge is -2.17. The Kier molecular flexibility index (Phi) is 5.35. The molecule has 0 saturated carbocycles. The van der Waals surface area contributed by atoms with Gasteiger partial charge in [-0.05, 0) is 37.1 Å². The van der Waals surface area contributed by atoms with Crippen LogP contribution < -0.4 is 5.32 Å². The molecule has 1 N–H and O–H groups in total. The molecule has 0 aliphatic heterocycles. The van der Waals surface area contributed by atoms with E-state index < -0.39 is 0 Å². The number of aromatic nitrogens is 2. The molecule has 0 bridgehead atoms. The fourth-order valence-corrected chi connectivity index (χ4v) is 2.85. The summed E-state index contributed by atoms with van der Waals surface area (Å²) in [7, 11) is 1.60. The molecular weight excluding hydrogens is 340 g/mol. The number of benzene rings is 2. The number of para-hydroxylation sites is 2. The quantitative estimate of drug-likeness (QED) is 0.758. The summed E-state index contributed by atoms with van der Waals surface area (Å²) in [5.74, 6) is -0.493. The zero-order valence-electron chi connectivity index (χ0n) is 15.6. The average molecular weight is 362 g/mol. The summed E-state index contributed by atoms with van der Waals surface area (Å²) < 4.78 is 1.64. The topological polar surface area (TPSA) is 67.2 Å². The molecule has 1 heterocycles. The minimum Gasteiger partial charge on any atom is -0.332 e. The summed E-state index contributed by atoms with van der Waals surface area (Å²) in [4.78, 5) is 26.4. The first kappa shape index (κ1) is 18.4. The second-order valence-electron chi connectivity index (χ2n) is 6.49. The molecule has 2 amide bonds. The lowest BCUT2D eigenvalue weighted by molar-refractivity contribution is -0.116. The number of rotatable bonds is 5. The van der Waals surface area contributed by atoms with Crippen LogP contribution in [0.2, 0.25) is 0 Å². The number of aryl methyl sites for hydroxylation is 2. The Morgan fingerprint density at radius 1 is 1.04 bits per heavy atom. The molecule has 0 unspecified atom stereocenters. The van der Waals surface area contributed by atoms with E-state index in [0.29, 0.717) is 5.56 Å². The van der Waals surface area contributed by atoms with Gasteiger partial charge in [-0.2, -0.15) is 5.10 Å². The van der Waals surface area contributed by atoms with Crippen LogP contribution >= 0.6 is 0 Å². The van der Waals surface area contributed by atoms with Crippen molar-refractivity contribution in [3.63, 3.8) is 0 Å². The summed E-state index contributed by atoms with van der Waals surface area (Å²) in [6.45, 7) is 3.84. The lowest BCUT2D eigenvalue weighted by Crippen LogP contribution is -2.35. The van der Waals surface area contributed by atoms with Gasteiger partial charge in [-0.3, -0.25) is 9.59 Å². The van der Waals surface area contributed by atoms with Crippen LogP contribution in [0.3, 0.4) is 0 Å². The monoisotopic (exact) mass is 362 g/mol. The fourth-order valence-electron chi connectivity index (χ4n) is 2.85. The van der Waals surface area contributed by atoms with E-state index >= 15 is 0 Å². The van der Waals surface area contributed by atoms with Crippen LogP contribution in [-0.2, 0) is 4.79 Å². The van der Waals surface area contributed by atoms with E-state index in [1.165, 1.54) is 11.1 Å². The maximum atomic E-state index is 12.6. The molecular formula is C21H22N4O2. The number of carbonyl (C=O) groups excluding carboxylic acids is 2. The van der Waals surface area contributed by atoms with Crippen LogP contribution in [0.25, 0.3) is 5.69 Å². The number of anilines is 1. The SMILES string of the molecule is Cc1cccc(C)c1NC(=O)CN(C)C(=O)c1cnn(-c2ccccc2)c1. The van der Waals surface area contributed by atoms with Crippen LogP contribution in [0.15, 0.2) is 60.9 Å². The van der Waals surface area contributed by atoms with E-state index in [0.717, 1.165) is 22.5 Å². The highest BCUT2D eigenvalue weighted by atomic mass is 16.2. The first-order valence-electron chi connectivity index (χ1n) is 8.67. The summed E-state index contributed by atoms with van der Waals surface area (Å²) in [5.41, 5.74) is 4.07. The highest BCUT2D eigenvalue weighted by Crippen LogP contribution is 2.19. The predicted molar refractivity (Wildman–Crippen MR) is 105 cm³/mol. The van der Waals surface area contributed by atoms with Crippen molar-refractivity contribution in [2.75, 3.05) is 18.9 Å². The van der Waals surface area contributed by atoms with Crippen LogP contribution in [0.4, 0.5) is 5.69 Å². The maximum Gasteiger partial charge on any atom is 0.257 e. The van der Waals surface area contributed by atoms with Crippen molar-refractivity contribution in [2.24, 2.45) is 0 Å². The molecule has 3 rings (SSSR count). The summed E-state index contributed by atoms with van der Waals surface area (Å²) in [5, 5.41) is 7.12. The highest BCUT2D eigenvalue weighted by Gasteiger charge is 2.18. The van der Waals surface area contributed by atoms with Crippen molar-refractivity contribution in [3.05, 3.63) is 77.6 Å². The van der Waals surface area contributed by atoms with E-state index in [4.69, 9.17) is 0 Å². The molecule has 0 spiro atoms. The van der Waals surface area contributed by atoms with Gasteiger partial charge in [-0.25, -0.2) is 4.68 Å². The van der Waals surface area contributed by atoms with Crippen LogP contribution in [0, 0.1) is 13.8 Å². The third-order valence-corrected chi connectivity index (χ3v) is 4.32. The third kappa shape index (κ3) is 4.23. The molecule has 0 atom stereocenters. The van der Waals surface area contributed by atoms with Gasteiger partial charge in [0.25, 0.3) is 5.91 Å². The number of hydrogen-bond acceptors (Lipinski definition) is 3. The molecule has 3 aromatic rings. The first-order valence-corrected chi connectivity index (χ1v) is 8.67. The van der Waals surface area contributed by atoms with E-state index in [1.807, 2.05) is 62.4 Å². The fraction of sp³-hybridized carbons (Fsp3) is 0.190. The molecule has 0 saturated heterocycles. The number of nitrogens with one attached hydrogen (secondary N) is 1. The molecule has 27 heavy (non-hydrogen) atoms. The number of amides is 2. The predicted octanol–water partition coefficient (Wildman–Crippen LogP) is 3.20. The zero-order chi connectivity index (χ0) is 19.4. The average Bonchev–Trinajstić information content (AvgIpc) is 3.15. The molecule has 6 nitrogen and oxygen atoms in total. The summed E-state index contributed by atoms with van der Waals surface area (Å²) >= 11 is 0. The van der Waals surface area contributed by atoms with Crippen molar-refractivity contribution in [1.29, 1.82) is 0 Å². The van der Waals surface area contributed by atoms with Gasteiger partial charge in [0.05, 0.1) is 24.0 Å². The number of nitrogens with zero attached hydrogens (tertiary/aromatic N) is 3. The summed E-state index contributed by atoms with van der Waals surface area (Å²) in [6, 6.07) is 15.4. The number of carbonyl (C=O) groups is 2. The van der Waals surface area contributed by atoms with Crippen molar-refractivity contribution in [2.45, 2.75) is 13.8 Å². The Bertz CT molecular complexity index is 943. The van der Waals surface area contributed by atoms with Gasteiger partial charge in [0.2, 0.25) is 5.91 Å². The normalized spacial score (nSPS) is 10.5. The van der Waals surface area contributed by atoms with E-state index in [9.17, 15) is 9.59 Å². The minimum absolute atomic E-state index is 0.0386. The largest absolute Gasteiger partial charge is 0.332 e. The Balaban J connectivity index is 1.66. The van der Waals surface area contributed by atoms with Gasteiger partial charge >= 0.3 is 0 Å². The number of likely N-dealkylation sites (N-methyl/N-ethyl adjacent to an activating group) is 1. The van der Waals surface area contributed by atoms with Crippen molar-refractivity contribution in [1.82, 2.24) is 14.7 Å². The first-order chi connectivity index (χ1) is 13.0. The summed E-state index contributed by atoms with van der Waals surface area (Å²) in [6.07, 6.45) is 3.17. The Morgan fingerprint density at radius 3 is 2.37 bits per heavy atom. The van der Waals surface area contributed by atoms with Gasteiger partial charge in [-0.1, -0.05) is 36.4 Å². The molecule has 1 aromatic heterocycles. The van der Waals surface area contributed by atoms with E-state index in [2.05, 4.69) is 10.4 Å². The number of hydrogen-bond donors (Lipinski definition) is 1. The maximum absolute atomic E-state index is 12.6. The second-order valence-corrected chi connectivity index (χ2v) is 6.49. The molecule has 138 valence electrons. The van der Waals surface area contributed by atoms with E-state index in [-0.39, 0.29) is 18.4 Å².